The first-order chi connectivity index (χ1) is 18.6. The van der Waals surface area contributed by atoms with Gasteiger partial charge in [0.1, 0.15) is 12.6 Å². The maximum absolute atomic E-state index is 12.9. The molecule has 3 aromatic rings. The Labute approximate surface area is 225 Å². The summed E-state index contributed by atoms with van der Waals surface area (Å²) in [4.78, 5) is 65.4. The fourth-order valence-electron chi connectivity index (χ4n) is 3.81. The van der Waals surface area contributed by atoms with E-state index in [0.717, 1.165) is 0 Å². The number of benzene rings is 2. The van der Waals surface area contributed by atoms with E-state index in [1.165, 1.54) is 18.6 Å². The number of hydrogen-bond acceptors (Lipinski definition) is 8. The first kappa shape index (κ1) is 28.8. The zero-order chi connectivity index (χ0) is 28.5. The highest BCUT2D eigenvalue weighted by atomic mass is 16.5. The summed E-state index contributed by atoms with van der Waals surface area (Å²) in [5.41, 5.74) is 1.75. The van der Waals surface area contributed by atoms with Crippen LogP contribution in [-0.4, -0.2) is 58.9 Å². The normalized spacial score (nSPS) is 11.5. The first-order valence-corrected chi connectivity index (χ1v) is 12.2. The SMILES string of the molecule is COC(=O)Nc1nc2cc(C(=O)c3ccccc3)ccc2n1COC(=O)CNC(=O)[C@H](CC(C)C)NC(C)=O. The van der Waals surface area contributed by atoms with E-state index in [9.17, 15) is 24.0 Å². The summed E-state index contributed by atoms with van der Waals surface area (Å²) in [5.74, 6) is -1.65. The van der Waals surface area contributed by atoms with Crippen LogP contribution in [0.5, 0.6) is 0 Å². The Morgan fingerprint density at radius 3 is 2.36 bits per heavy atom. The number of carbonyl (C=O) groups excluding carboxylic acids is 5. The van der Waals surface area contributed by atoms with Crippen LogP contribution in [0.25, 0.3) is 11.0 Å². The van der Waals surface area contributed by atoms with Crippen molar-refractivity contribution in [2.75, 3.05) is 19.0 Å². The molecule has 1 heterocycles. The first-order valence-electron chi connectivity index (χ1n) is 12.2. The summed E-state index contributed by atoms with van der Waals surface area (Å²) < 4.78 is 11.4. The number of nitrogens with one attached hydrogen (secondary N) is 3. The van der Waals surface area contributed by atoms with Gasteiger partial charge in [0.15, 0.2) is 12.5 Å². The summed E-state index contributed by atoms with van der Waals surface area (Å²) in [6.07, 6.45) is -0.390. The van der Waals surface area contributed by atoms with Crippen LogP contribution < -0.4 is 16.0 Å². The molecule has 3 N–H and O–H groups in total. The maximum Gasteiger partial charge on any atom is 0.413 e. The Morgan fingerprint density at radius 2 is 1.72 bits per heavy atom. The van der Waals surface area contributed by atoms with E-state index in [-0.39, 0.29) is 30.3 Å². The highest BCUT2D eigenvalue weighted by Gasteiger charge is 2.22. The fraction of sp³-hybridized carbons (Fsp3) is 0.333. The summed E-state index contributed by atoms with van der Waals surface area (Å²) >= 11 is 0. The van der Waals surface area contributed by atoms with Crippen LogP contribution in [-0.2, 0) is 30.6 Å². The zero-order valence-corrected chi connectivity index (χ0v) is 22.1. The highest BCUT2D eigenvalue weighted by Crippen LogP contribution is 2.23. The van der Waals surface area contributed by atoms with Gasteiger partial charge >= 0.3 is 12.1 Å². The Kier molecular flexibility index (Phi) is 9.74. The third-order valence-corrected chi connectivity index (χ3v) is 5.61. The lowest BCUT2D eigenvalue weighted by Gasteiger charge is -2.19. The molecule has 3 rings (SSSR count). The van der Waals surface area contributed by atoms with Crippen LogP contribution in [0.4, 0.5) is 10.7 Å². The predicted molar refractivity (Wildman–Crippen MR) is 142 cm³/mol. The second kappa shape index (κ2) is 13.2. The molecule has 1 aromatic heterocycles. The minimum atomic E-state index is -0.792. The molecule has 1 atom stereocenters. The van der Waals surface area contributed by atoms with Crippen LogP contribution in [0.15, 0.2) is 48.5 Å². The number of carbonyl (C=O) groups is 5. The maximum atomic E-state index is 12.9. The van der Waals surface area contributed by atoms with Crippen molar-refractivity contribution in [3.63, 3.8) is 0 Å². The number of amides is 3. The van der Waals surface area contributed by atoms with Crippen molar-refractivity contribution in [1.29, 1.82) is 0 Å². The number of methoxy groups -OCH3 is 1. The average Bonchev–Trinajstić information content (AvgIpc) is 3.25. The van der Waals surface area contributed by atoms with Gasteiger partial charge in [0, 0.05) is 18.1 Å². The molecule has 0 aliphatic heterocycles. The van der Waals surface area contributed by atoms with Crippen LogP contribution in [0.1, 0.15) is 43.1 Å². The van der Waals surface area contributed by atoms with E-state index < -0.39 is 30.6 Å². The topological polar surface area (TPSA) is 158 Å². The molecule has 2 aromatic carbocycles. The number of rotatable bonds is 11. The third-order valence-electron chi connectivity index (χ3n) is 5.61. The number of anilines is 1. The summed E-state index contributed by atoms with van der Waals surface area (Å²) in [6.45, 7) is 4.34. The summed E-state index contributed by atoms with van der Waals surface area (Å²) in [5, 5.41) is 7.50. The number of aromatic nitrogens is 2. The molecular weight excluding hydrogens is 506 g/mol. The largest absolute Gasteiger partial charge is 0.453 e. The number of hydrogen-bond donors (Lipinski definition) is 3. The smallest absolute Gasteiger partial charge is 0.413 e. The highest BCUT2D eigenvalue weighted by molar-refractivity contribution is 6.10. The van der Waals surface area contributed by atoms with Crippen LogP contribution in [0, 0.1) is 5.92 Å². The van der Waals surface area contributed by atoms with Crippen molar-refractivity contribution < 1.29 is 33.4 Å². The predicted octanol–water partition coefficient (Wildman–Crippen LogP) is 2.61. The molecule has 0 aliphatic rings. The van der Waals surface area contributed by atoms with Gasteiger partial charge in [-0.1, -0.05) is 44.2 Å². The molecule has 0 bridgehead atoms. The molecule has 0 radical (unpaired) electrons. The number of ketones is 1. The molecule has 0 saturated heterocycles. The van der Waals surface area contributed by atoms with E-state index in [1.54, 1.807) is 42.5 Å². The molecule has 12 nitrogen and oxygen atoms in total. The Morgan fingerprint density at radius 1 is 1.00 bits per heavy atom. The molecular formula is C27H31N5O7. The van der Waals surface area contributed by atoms with E-state index in [0.29, 0.717) is 28.6 Å². The van der Waals surface area contributed by atoms with Gasteiger partial charge in [0.2, 0.25) is 17.8 Å². The van der Waals surface area contributed by atoms with Gasteiger partial charge in [0.25, 0.3) is 0 Å². The fourth-order valence-corrected chi connectivity index (χ4v) is 3.81. The van der Waals surface area contributed by atoms with Crippen molar-refractivity contribution in [2.24, 2.45) is 5.92 Å². The van der Waals surface area contributed by atoms with Gasteiger partial charge in [0.05, 0.1) is 18.1 Å². The molecule has 206 valence electrons. The third kappa shape index (κ3) is 7.87. The number of fused-ring (bicyclic) bond motifs is 1. The van der Waals surface area contributed by atoms with Crippen molar-refractivity contribution >= 4 is 46.6 Å². The molecule has 0 aliphatic carbocycles. The molecule has 0 spiro atoms. The monoisotopic (exact) mass is 537 g/mol. The summed E-state index contributed by atoms with van der Waals surface area (Å²) in [7, 11) is 1.19. The lowest BCUT2D eigenvalue weighted by atomic mass is 10.0. The molecule has 39 heavy (non-hydrogen) atoms. The second-order valence-corrected chi connectivity index (χ2v) is 9.12. The van der Waals surface area contributed by atoms with E-state index >= 15 is 0 Å². The molecule has 12 heteroatoms. The van der Waals surface area contributed by atoms with E-state index in [2.05, 4.69) is 25.7 Å². The van der Waals surface area contributed by atoms with Gasteiger partial charge in [-0.15, -0.1) is 0 Å². The average molecular weight is 538 g/mol. The van der Waals surface area contributed by atoms with Crippen molar-refractivity contribution in [2.45, 2.75) is 40.0 Å². The van der Waals surface area contributed by atoms with Crippen LogP contribution >= 0.6 is 0 Å². The molecule has 0 saturated carbocycles. The van der Waals surface area contributed by atoms with Gasteiger partial charge in [-0.3, -0.25) is 29.1 Å². The lowest BCUT2D eigenvalue weighted by molar-refractivity contribution is -0.147. The number of ether oxygens (including phenoxy) is 2. The van der Waals surface area contributed by atoms with Gasteiger partial charge in [-0.2, -0.15) is 0 Å². The van der Waals surface area contributed by atoms with Gasteiger partial charge < -0.3 is 20.1 Å². The Balaban J connectivity index is 1.74. The summed E-state index contributed by atoms with van der Waals surface area (Å²) in [6, 6.07) is 12.8. The lowest BCUT2D eigenvalue weighted by Crippen LogP contribution is -2.48. The van der Waals surface area contributed by atoms with Crippen LogP contribution in [0.3, 0.4) is 0 Å². The minimum Gasteiger partial charge on any atom is -0.453 e. The quantitative estimate of drug-likeness (QED) is 0.249. The Hall–Kier alpha value is -4.74. The van der Waals surface area contributed by atoms with Crippen LogP contribution in [0.2, 0.25) is 0 Å². The molecule has 0 unspecified atom stereocenters. The van der Waals surface area contributed by atoms with Gasteiger partial charge in [-0.05, 0) is 30.5 Å². The van der Waals surface area contributed by atoms with Crippen molar-refractivity contribution in [3.05, 3.63) is 59.7 Å². The number of imidazole rings is 1. The van der Waals surface area contributed by atoms with E-state index in [4.69, 9.17) is 4.74 Å². The number of esters is 1. The van der Waals surface area contributed by atoms with Crippen molar-refractivity contribution in [3.8, 4) is 0 Å². The van der Waals surface area contributed by atoms with Gasteiger partial charge in [-0.25, -0.2) is 9.78 Å². The van der Waals surface area contributed by atoms with E-state index in [1.807, 2.05) is 19.9 Å². The second-order valence-electron chi connectivity index (χ2n) is 9.12. The number of nitrogens with zero attached hydrogens (tertiary/aromatic N) is 2. The van der Waals surface area contributed by atoms with Crippen molar-refractivity contribution in [1.82, 2.24) is 20.2 Å². The standard InChI is InChI=1S/C27H31N5O7/c1-16(2)12-21(29-17(3)33)25(36)28-14-23(34)39-15-32-22-11-10-19(24(35)18-8-6-5-7-9-18)13-20(22)30-26(32)31-27(37)38-4/h5-11,13,16,21H,12,14-15H2,1-4H3,(H,28,36)(H,29,33)(H,30,31,37)/t21-/m0/s1. The molecule has 0 fully saturated rings. The zero-order valence-electron chi connectivity index (χ0n) is 22.1. The Bertz CT molecular complexity index is 1370. The minimum absolute atomic E-state index is 0.0284. The molecule has 3 amide bonds.